The second-order valence-corrected chi connectivity index (χ2v) is 7.23. The summed E-state index contributed by atoms with van der Waals surface area (Å²) in [7, 11) is 0. The van der Waals surface area contributed by atoms with Crippen molar-refractivity contribution in [1.29, 1.82) is 0 Å². The minimum Gasteiger partial charge on any atom is -0.392 e. The molecule has 3 nitrogen and oxygen atoms in total. The lowest BCUT2D eigenvalue weighted by Crippen LogP contribution is -2.29. The SMILES string of the molecule is O=C(NCc1ccc(F)c(CO)c1)C1CC12CCCc1ccccc12. The standard InChI is InChI=1S/C21H22FNO2/c22-19-8-7-14(10-16(19)13-24)12-23-20(25)18-11-21(18)9-3-5-15-4-1-2-6-17(15)21/h1-2,4,6-8,10,18,24H,3,5,9,11-13H2,(H,23,25). The highest BCUT2D eigenvalue weighted by Gasteiger charge is 2.59. The molecular weight excluding hydrogens is 317 g/mol. The van der Waals surface area contributed by atoms with Crippen LogP contribution in [0, 0.1) is 11.7 Å². The molecule has 2 aliphatic carbocycles. The molecule has 25 heavy (non-hydrogen) atoms. The summed E-state index contributed by atoms with van der Waals surface area (Å²) in [6.07, 6.45) is 4.23. The third-order valence-corrected chi connectivity index (χ3v) is 5.76. The summed E-state index contributed by atoms with van der Waals surface area (Å²) in [5.41, 5.74) is 3.83. The largest absolute Gasteiger partial charge is 0.392 e. The van der Waals surface area contributed by atoms with Crippen LogP contribution in [0.3, 0.4) is 0 Å². The Bertz CT molecular complexity index is 819. The van der Waals surface area contributed by atoms with Crippen LogP contribution in [-0.4, -0.2) is 11.0 Å². The Labute approximate surface area is 146 Å². The quantitative estimate of drug-likeness (QED) is 0.898. The average Bonchev–Trinajstić information content (AvgIpc) is 3.36. The van der Waals surface area contributed by atoms with Crippen molar-refractivity contribution in [2.45, 2.75) is 44.2 Å². The van der Waals surface area contributed by atoms with Gasteiger partial charge in [0.15, 0.2) is 0 Å². The zero-order valence-corrected chi connectivity index (χ0v) is 14.1. The van der Waals surface area contributed by atoms with Gasteiger partial charge in [-0.15, -0.1) is 0 Å². The van der Waals surface area contributed by atoms with E-state index in [1.807, 2.05) is 0 Å². The van der Waals surface area contributed by atoms with Crippen LogP contribution in [0.5, 0.6) is 0 Å². The monoisotopic (exact) mass is 339 g/mol. The molecule has 4 rings (SSSR count). The molecule has 1 amide bonds. The van der Waals surface area contributed by atoms with E-state index >= 15 is 0 Å². The molecule has 0 saturated heterocycles. The van der Waals surface area contributed by atoms with Gasteiger partial charge >= 0.3 is 0 Å². The Hall–Kier alpha value is -2.20. The lowest BCUT2D eigenvalue weighted by molar-refractivity contribution is -0.123. The average molecular weight is 339 g/mol. The summed E-state index contributed by atoms with van der Waals surface area (Å²) in [5, 5.41) is 12.1. The highest BCUT2D eigenvalue weighted by atomic mass is 19.1. The maximum absolute atomic E-state index is 13.4. The van der Waals surface area contributed by atoms with Gasteiger partial charge in [-0.25, -0.2) is 4.39 Å². The van der Waals surface area contributed by atoms with E-state index in [0.29, 0.717) is 6.54 Å². The molecule has 0 radical (unpaired) electrons. The fourth-order valence-corrected chi connectivity index (χ4v) is 4.35. The molecule has 130 valence electrons. The lowest BCUT2D eigenvalue weighted by Gasteiger charge is -2.26. The van der Waals surface area contributed by atoms with E-state index in [-0.39, 0.29) is 29.4 Å². The summed E-state index contributed by atoms with van der Waals surface area (Å²) in [4.78, 5) is 12.6. The van der Waals surface area contributed by atoms with Gasteiger partial charge in [0.1, 0.15) is 5.82 Å². The normalized spacial score (nSPS) is 24.0. The predicted molar refractivity (Wildman–Crippen MR) is 93.3 cm³/mol. The molecule has 0 aliphatic heterocycles. The highest BCUT2D eigenvalue weighted by molar-refractivity contribution is 5.84. The molecule has 2 aromatic carbocycles. The smallest absolute Gasteiger partial charge is 0.224 e. The van der Waals surface area contributed by atoms with E-state index < -0.39 is 5.82 Å². The number of rotatable bonds is 4. The minimum absolute atomic E-state index is 0.0258. The number of aryl methyl sites for hydroxylation is 1. The molecule has 4 heteroatoms. The van der Waals surface area contributed by atoms with Crippen molar-refractivity contribution in [3.05, 3.63) is 70.5 Å². The molecule has 2 N–H and O–H groups in total. The van der Waals surface area contributed by atoms with Gasteiger partial charge in [0, 0.05) is 23.4 Å². The Kier molecular flexibility index (Phi) is 4.08. The van der Waals surface area contributed by atoms with Gasteiger partial charge in [-0.3, -0.25) is 4.79 Å². The van der Waals surface area contributed by atoms with Crippen LogP contribution in [0.2, 0.25) is 0 Å². The van der Waals surface area contributed by atoms with Crippen LogP contribution in [0.25, 0.3) is 0 Å². The molecular formula is C21H22FNO2. The molecule has 0 aromatic heterocycles. The molecule has 2 aromatic rings. The van der Waals surface area contributed by atoms with Gasteiger partial charge in [-0.2, -0.15) is 0 Å². The predicted octanol–water partition coefficient (Wildman–Crippen LogP) is 3.23. The number of fused-ring (bicyclic) bond motifs is 2. The number of hydrogen-bond donors (Lipinski definition) is 2. The maximum atomic E-state index is 13.4. The number of amides is 1. The van der Waals surface area contributed by atoms with Crippen LogP contribution in [0.4, 0.5) is 4.39 Å². The van der Waals surface area contributed by atoms with Crippen molar-refractivity contribution in [1.82, 2.24) is 5.32 Å². The second-order valence-electron chi connectivity index (χ2n) is 7.23. The fourth-order valence-electron chi connectivity index (χ4n) is 4.35. The van der Waals surface area contributed by atoms with Crippen molar-refractivity contribution in [2.24, 2.45) is 5.92 Å². The number of benzene rings is 2. The van der Waals surface area contributed by atoms with Crippen molar-refractivity contribution >= 4 is 5.91 Å². The van der Waals surface area contributed by atoms with Crippen LogP contribution < -0.4 is 5.32 Å². The third kappa shape index (κ3) is 2.85. The van der Waals surface area contributed by atoms with Gasteiger partial charge in [0.2, 0.25) is 5.91 Å². The van der Waals surface area contributed by atoms with E-state index in [4.69, 9.17) is 5.11 Å². The Morgan fingerprint density at radius 2 is 2.12 bits per heavy atom. The topological polar surface area (TPSA) is 49.3 Å². The van der Waals surface area contributed by atoms with Gasteiger partial charge < -0.3 is 10.4 Å². The Morgan fingerprint density at radius 1 is 1.28 bits per heavy atom. The number of nitrogens with one attached hydrogen (secondary N) is 1. The summed E-state index contributed by atoms with van der Waals surface area (Å²) in [5.74, 6) is -0.309. The summed E-state index contributed by atoms with van der Waals surface area (Å²) in [6, 6.07) is 13.1. The van der Waals surface area contributed by atoms with Crippen molar-refractivity contribution in [3.63, 3.8) is 0 Å². The van der Waals surface area contributed by atoms with E-state index in [1.165, 1.54) is 17.2 Å². The first kappa shape index (κ1) is 16.3. The van der Waals surface area contributed by atoms with Crippen LogP contribution in [0.15, 0.2) is 42.5 Å². The van der Waals surface area contributed by atoms with E-state index in [0.717, 1.165) is 31.2 Å². The van der Waals surface area contributed by atoms with E-state index in [9.17, 15) is 9.18 Å². The molecule has 2 atom stereocenters. The summed E-state index contributed by atoms with van der Waals surface area (Å²) >= 11 is 0. The maximum Gasteiger partial charge on any atom is 0.224 e. The van der Waals surface area contributed by atoms with Gasteiger partial charge in [0.05, 0.1) is 6.61 Å². The number of aliphatic hydroxyl groups is 1. The molecule has 2 aliphatic rings. The van der Waals surface area contributed by atoms with E-state index in [2.05, 4.69) is 29.6 Å². The number of carbonyl (C=O) groups is 1. The van der Waals surface area contributed by atoms with Crippen molar-refractivity contribution in [2.75, 3.05) is 0 Å². The molecule has 1 spiro atoms. The van der Waals surface area contributed by atoms with Gasteiger partial charge in [-0.05, 0) is 54.5 Å². The number of hydrogen-bond acceptors (Lipinski definition) is 2. The molecule has 1 fully saturated rings. The molecule has 1 saturated carbocycles. The first-order valence-corrected chi connectivity index (χ1v) is 8.88. The summed E-state index contributed by atoms with van der Waals surface area (Å²) in [6.45, 7) is 0.0243. The van der Waals surface area contributed by atoms with Crippen LogP contribution >= 0.6 is 0 Å². The number of carbonyl (C=O) groups excluding carboxylic acids is 1. The Morgan fingerprint density at radius 3 is 2.96 bits per heavy atom. The van der Waals surface area contributed by atoms with Gasteiger partial charge in [0.25, 0.3) is 0 Å². The second kappa shape index (κ2) is 6.26. The zero-order chi connectivity index (χ0) is 17.4. The first-order chi connectivity index (χ1) is 12.1. The number of halogens is 1. The van der Waals surface area contributed by atoms with Crippen molar-refractivity contribution < 1.29 is 14.3 Å². The first-order valence-electron chi connectivity index (χ1n) is 8.88. The van der Waals surface area contributed by atoms with Crippen molar-refractivity contribution in [3.8, 4) is 0 Å². The van der Waals surface area contributed by atoms with E-state index in [1.54, 1.807) is 12.1 Å². The van der Waals surface area contributed by atoms with Gasteiger partial charge in [-0.1, -0.05) is 30.3 Å². The molecule has 2 unspecified atom stereocenters. The Balaban J connectivity index is 1.44. The van der Waals surface area contributed by atoms with Crippen LogP contribution in [0.1, 0.15) is 41.5 Å². The lowest BCUT2D eigenvalue weighted by atomic mass is 9.78. The molecule has 0 bridgehead atoms. The fraction of sp³-hybridized carbons (Fsp3) is 0.381. The highest BCUT2D eigenvalue weighted by Crippen LogP contribution is 2.60. The third-order valence-electron chi connectivity index (χ3n) is 5.76. The number of aliphatic hydroxyl groups excluding tert-OH is 1. The zero-order valence-electron chi connectivity index (χ0n) is 14.1. The molecule has 0 heterocycles. The minimum atomic E-state index is -0.419. The summed E-state index contributed by atoms with van der Waals surface area (Å²) < 4.78 is 13.4. The van der Waals surface area contributed by atoms with Crippen LogP contribution in [-0.2, 0) is 29.8 Å².